The van der Waals surface area contributed by atoms with E-state index in [1.807, 2.05) is 0 Å². The molecule has 27 heavy (non-hydrogen) atoms. The number of nitrogens with one attached hydrogen (secondary N) is 1. The maximum Gasteiger partial charge on any atom is 0.416 e. The number of fused-ring (bicyclic) bond motifs is 1. The van der Waals surface area contributed by atoms with E-state index in [0.29, 0.717) is 18.6 Å². The van der Waals surface area contributed by atoms with Crippen LogP contribution in [-0.2, 0) is 21.9 Å². The minimum atomic E-state index is -5.01. The van der Waals surface area contributed by atoms with Gasteiger partial charge < -0.3 is 10.2 Å². The number of benzene rings is 1. The number of carbonyl (C=O) groups excluding carboxylic acids is 2. The smallest absolute Gasteiger partial charge is 0.324 e. The Balaban J connectivity index is 1.89. The van der Waals surface area contributed by atoms with Crippen LogP contribution >= 0.6 is 11.8 Å². The van der Waals surface area contributed by atoms with Crippen molar-refractivity contribution < 1.29 is 35.9 Å². The van der Waals surface area contributed by atoms with Crippen molar-refractivity contribution >= 4 is 29.3 Å². The highest BCUT2D eigenvalue weighted by Gasteiger charge is 2.53. The summed E-state index contributed by atoms with van der Waals surface area (Å²) >= 11 is 1.37. The Hall–Kier alpha value is -1.91. The van der Waals surface area contributed by atoms with E-state index in [4.69, 9.17) is 0 Å². The van der Waals surface area contributed by atoms with E-state index in [1.165, 1.54) is 16.7 Å². The number of amides is 2. The molecule has 1 aromatic carbocycles. The number of hydrogen-bond acceptors (Lipinski definition) is 3. The number of nitrogens with zero attached hydrogens (tertiary/aromatic N) is 1. The van der Waals surface area contributed by atoms with Gasteiger partial charge in [0.15, 0.2) is 0 Å². The molecule has 0 unspecified atom stereocenters. The summed E-state index contributed by atoms with van der Waals surface area (Å²) in [4.78, 5) is 25.3. The number of anilines is 1. The van der Waals surface area contributed by atoms with E-state index in [9.17, 15) is 35.9 Å². The van der Waals surface area contributed by atoms with Gasteiger partial charge in [-0.15, -0.1) is 11.8 Å². The molecule has 1 aromatic rings. The molecule has 0 radical (unpaired) electrons. The van der Waals surface area contributed by atoms with E-state index in [1.54, 1.807) is 6.92 Å². The summed E-state index contributed by atoms with van der Waals surface area (Å²) < 4.78 is 77.5. The third-order valence-corrected chi connectivity index (χ3v) is 6.11. The predicted octanol–water partition coefficient (Wildman–Crippen LogP) is 4.12. The molecule has 2 saturated heterocycles. The lowest BCUT2D eigenvalue weighted by molar-refractivity contribution is -0.143. The second-order valence-corrected chi connectivity index (χ2v) is 8.05. The molecule has 2 fully saturated rings. The Morgan fingerprint density at radius 1 is 1.15 bits per heavy atom. The molecular formula is C16H14F6N2O2S. The van der Waals surface area contributed by atoms with Gasteiger partial charge in [-0.1, -0.05) is 0 Å². The first-order chi connectivity index (χ1) is 12.3. The maximum absolute atomic E-state index is 12.9. The van der Waals surface area contributed by atoms with Gasteiger partial charge in [-0.3, -0.25) is 9.59 Å². The number of carbonyl (C=O) groups is 2. The highest BCUT2D eigenvalue weighted by Crippen LogP contribution is 2.47. The normalized spacial score (nSPS) is 25.7. The number of alkyl halides is 6. The van der Waals surface area contributed by atoms with Gasteiger partial charge in [-0.2, -0.15) is 26.3 Å². The third kappa shape index (κ3) is 3.74. The van der Waals surface area contributed by atoms with Crippen molar-refractivity contribution in [1.29, 1.82) is 0 Å². The lowest BCUT2D eigenvalue weighted by Crippen LogP contribution is -2.48. The van der Waals surface area contributed by atoms with Gasteiger partial charge in [0, 0.05) is 17.9 Å². The molecule has 2 amide bonds. The van der Waals surface area contributed by atoms with Crippen molar-refractivity contribution in [3.63, 3.8) is 0 Å². The van der Waals surface area contributed by atoms with Crippen LogP contribution in [0.1, 0.15) is 30.9 Å². The highest BCUT2D eigenvalue weighted by atomic mass is 32.2. The Kier molecular flexibility index (Phi) is 4.64. The van der Waals surface area contributed by atoms with Crippen LogP contribution in [0, 0.1) is 0 Å². The molecule has 148 valence electrons. The average molecular weight is 412 g/mol. The van der Waals surface area contributed by atoms with Gasteiger partial charge >= 0.3 is 12.4 Å². The summed E-state index contributed by atoms with van der Waals surface area (Å²) in [6.07, 6.45) is -9.24. The summed E-state index contributed by atoms with van der Waals surface area (Å²) in [5.74, 6) is -0.851. The molecule has 2 aliphatic rings. The second kappa shape index (κ2) is 6.32. The molecule has 2 atom stereocenters. The van der Waals surface area contributed by atoms with Crippen molar-refractivity contribution in [2.45, 2.75) is 43.0 Å². The zero-order valence-electron chi connectivity index (χ0n) is 13.9. The van der Waals surface area contributed by atoms with Gasteiger partial charge in [0.2, 0.25) is 11.8 Å². The van der Waals surface area contributed by atoms with Gasteiger partial charge in [0.1, 0.15) is 6.04 Å². The van der Waals surface area contributed by atoms with Crippen LogP contribution in [0.5, 0.6) is 0 Å². The SMILES string of the molecule is C[C@@]12CCC(=O)N1[C@H](C(=O)Nc1cc(C(F)(F)F)cc(C(F)(F)F)c1)CS2. The molecule has 2 aliphatic heterocycles. The van der Waals surface area contributed by atoms with Crippen LogP contribution in [0.3, 0.4) is 0 Å². The summed E-state index contributed by atoms with van der Waals surface area (Å²) in [6, 6.07) is -0.0679. The van der Waals surface area contributed by atoms with E-state index in [-0.39, 0.29) is 24.1 Å². The van der Waals surface area contributed by atoms with Crippen LogP contribution in [0.4, 0.5) is 32.0 Å². The first kappa shape index (κ1) is 19.8. The zero-order chi connectivity index (χ0) is 20.2. The van der Waals surface area contributed by atoms with Gasteiger partial charge in [0.25, 0.3) is 0 Å². The molecular weight excluding hydrogens is 398 g/mol. The molecule has 2 heterocycles. The minimum Gasteiger partial charge on any atom is -0.324 e. The van der Waals surface area contributed by atoms with Crippen molar-refractivity contribution in [2.75, 3.05) is 11.1 Å². The fourth-order valence-electron chi connectivity index (χ4n) is 3.27. The molecule has 1 N–H and O–H groups in total. The van der Waals surface area contributed by atoms with Crippen molar-refractivity contribution in [3.8, 4) is 0 Å². The predicted molar refractivity (Wildman–Crippen MR) is 85.8 cm³/mol. The highest BCUT2D eigenvalue weighted by molar-refractivity contribution is 8.01. The first-order valence-electron chi connectivity index (χ1n) is 7.88. The average Bonchev–Trinajstić information content (AvgIpc) is 3.02. The minimum absolute atomic E-state index is 0.0118. The second-order valence-electron chi connectivity index (χ2n) is 6.55. The van der Waals surface area contributed by atoms with Gasteiger partial charge in [-0.05, 0) is 31.5 Å². The van der Waals surface area contributed by atoms with Crippen LogP contribution < -0.4 is 5.32 Å². The molecule has 11 heteroatoms. The van der Waals surface area contributed by atoms with Crippen LogP contribution in [0.25, 0.3) is 0 Å². The molecule has 0 aliphatic carbocycles. The zero-order valence-corrected chi connectivity index (χ0v) is 14.7. The maximum atomic E-state index is 12.9. The lowest BCUT2D eigenvalue weighted by atomic mass is 10.1. The van der Waals surface area contributed by atoms with E-state index in [0.717, 1.165) is 0 Å². The van der Waals surface area contributed by atoms with Crippen molar-refractivity contribution in [2.24, 2.45) is 0 Å². The molecule has 0 aromatic heterocycles. The number of thioether (sulfide) groups is 1. The topological polar surface area (TPSA) is 49.4 Å². The van der Waals surface area contributed by atoms with E-state index < -0.39 is 46.0 Å². The quantitative estimate of drug-likeness (QED) is 0.744. The van der Waals surface area contributed by atoms with Crippen LogP contribution in [0.15, 0.2) is 18.2 Å². The van der Waals surface area contributed by atoms with E-state index >= 15 is 0 Å². The van der Waals surface area contributed by atoms with Gasteiger partial charge in [0.05, 0.1) is 16.0 Å². The molecule has 4 nitrogen and oxygen atoms in total. The first-order valence-corrected chi connectivity index (χ1v) is 8.86. The Labute approximate surface area is 154 Å². The monoisotopic (exact) mass is 412 g/mol. The summed E-state index contributed by atoms with van der Waals surface area (Å²) in [7, 11) is 0. The fraction of sp³-hybridized carbons (Fsp3) is 0.500. The standard InChI is InChI=1S/C16H14F6N2O2S/c1-14-3-2-12(25)24(14)11(7-27-14)13(26)23-10-5-8(15(17,18)19)4-9(6-10)16(20,21)22/h4-6,11H,2-3,7H2,1H3,(H,23,26)/t11-,14+/m0/s1. The molecule has 0 spiro atoms. The van der Waals surface area contributed by atoms with Crippen molar-refractivity contribution in [1.82, 2.24) is 4.90 Å². The van der Waals surface area contributed by atoms with Crippen LogP contribution in [0.2, 0.25) is 0 Å². The number of halogens is 6. The van der Waals surface area contributed by atoms with E-state index in [2.05, 4.69) is 5.32 Å². The molecule has 0 bridgehead atoms. The summed E-state index contributed by atoms with van der Waals surface area (Å²) in [5, 5.41) is 2.11. The van der Waals surface area contributed by atoms with Crippen LogP contribution in [-0.4, -0.2) is 33.4 Å². The summed E-state index contributed by atoms with van der Waals surface area (Å²) in [6.45, 7) is 1.78. The number of rotatable bonds is 2. The molecule has 3 rings (SSSR count). The Bertz CT molecular complexity index is 762. The van der Waals surface area contributed by atoms with Gasteiger partial charge in [-0.25, -0.2) is 0 Å². The Morgan fingerprint density at radius 2 is 1.70 bits per heavy atom. The lowest BCUT2D eigenvalue weighted by Gasteiger charge is -2.30. The Morgan fingerprint density at radius 3 is 2.22 bits per heavy atom. The fourth-order valence-corrected chi connectivity index (χ4v) is 4.70. The summed E-state index contributed by atoms with van der Waals surface area (Å²) in [5.41, 5.74) is -3.65. The van der Waals surface area contributed by atoms with Crippen molar-refractivity contribution in [3.05, 3.63) is 29.3 Å². The molecule has 0 saturated carbocycles. The largest absolute Gasteiger partial charge is 0.416 e. The third-order valence-electron chi connectivity index (χ3n) is 4.60. The number of hydrogen-bond donors (Lipinski definition) is 1.